The highest BCUT2D eigenvalue weighted by Crippen LogP contribution is 2.03. The summed E-state index contributed by atoms with van der Waals surface area (Å²) in [7, 11) is 1.53. The standard InChI is InChI=1S/C8H12N4O2/c1-3-14-8(13)6(4-9)7(11-2)12-5-10/h5,11H,3H2,1-2H3,(H2,10,12)/b7-6-. The maximum Gasteiger partial charge on any atom is 0.352 e. The molecule has 0 aromatic heterocycles. The van der Waals surface area contributed by atoms with E-state index in [1.165, 1.54) is 7.05 Å². The van der Waals surface area contributed by atoms with Crippen LogP contribution in [0, 0.1) is 11.3 Å². The van der Waals surface area contributed by atoms with E-state index in [1.807, 2.05) is 0 Å². The van der Waals surface area contributed by atoms with Crippen molar-refractivity contribution in [2.45, 2.75) is 6.92 Å². The molecule has 0 amide bonds. The van der Waals surface area contributed by atoms with E-state index in [9.17, 15) is 4.79 Å². The third-order valence-electron chi connectivity index (χ3n) is 1.27. The third kappa shape index (κ3) is 3.15. The van der Waals surface area contributed by atoms with Gasteiger partial charge >= 0.3 is 5.97 Å². The molecule has 0 bridgehead atoms. The number of esters is 1. The number of aliphatic imine (C=N–C) groups is 1. The Morgan fingerprint density at radius 2 is 2.43 bits per heavy atom. The van der Waals surface area contributed by atoms with E-state index in [1.54, 1.807) is 13.0 Å². The van der Waals surface area contributed by atoms with Gasteiger partial charge in [0.25, 0.3) is 0 Å². The molecule has 0 rings (SSSR count). The molecule has 0 saturated heterocycles. The lowest BCUT2D eigenvalue weighted by atomic mass is 10.3. The second-order valence-corrected chi connectivity index (χ2v) is 2.08. The van der Waals surface area contributed by atoms with Crippen molar-refractivity contribution in [2.75, 3.05) is 13.7 Å². The first kappa shape index (κ1) is 12.0. The first-order valence-corrected chi connectivity index (χ1v) is 3.94. The highest BCUT2D eigenvalue weighted by molar-refractivity contribution is 5.93. The Morgan fingerprint density at radius 3 is 2.79 bits per heavy atom. The van der Waals surface area contributed by atoms with Crippen molar-refractivity contribution < 1.29 is 9.53 Å². The molecule has 3 N–H and O–H groups in total. The summed E-state index contributed by atoms with van der Waals surface area (Å²) in [5.74, 6) is -0.626. The monoisotopic (exact) mass is 196 g/mol. The van der Waals surface area contributed by atoms with E-state index in [2.05, 4.69) is 15.0 Å². The fourth-order valence-electron chi connectivity index (χ4n) is 0.727. The third-order valence-corrected chi connectivity index (χ3v) is 1.27. The van der Waals surface area contributed by atoms with Crippen molar-refractivity contribution in [3.63, 3.8) is 0 Å². The summed E-state index contributed by atoms with van der Waals surface area (Å²) in [6, 6.07) is 1.70. The van der Waals surface area contributed by atoms with E-state index < -0.39 is 5.97 Å². The van der Waals surface area contributed by atoms with E-state index >= 15 is 0 Å². The number of nitrogens with zero attached hydrogens (tertiary/aromatic N) is 2. The number of hydrogen-bond donors (Lipinski definition) is 2. The van der Waals surface area contributed by atoms with Gasteiger partial charge in [-0.15, -0.1) is 0 Å². The molecule has 0 atom stereocenters. The molecule has 0 fully saturated rings. The Balaban J connectivity index is 5.00. The molecule has 6 nitrogen and oxygen atoms in total. The van der Waals surface area contributed by atoms with Gasteiger partial charge in [-0.2, -0.15) is 5.26 Å². The smallest absolute Gasteiger partial charge is 0.352 e. The average molecular weight is 196 g/mol. The second kappa shape index (κ2) is 6.48. The van der Waals surface area contributed by atoms with Crippen molar-refractivity contribution >= 4 is 12.3 Å². The molecule has 76 valence electrons. The van der Waals surface area contributed by atoms with Crippen molar-refractivity contribution in [2.24, 2.45) is 10.7 Å². The molecule has 0 saturated carbocycles. The number of carbonyl (C=O) groups excluding carboxylic acids is 1. The van der Waals surface area contributed by atoms with Gasteiger partial charge in [0.05, 0.1) is 12.9 Å². The van der Waals surface area contributed by atoms with Gasteiger partial charge in [0.15, 0.2) is 11.4 Å². The van der Waals surface area contributed by atoms with Gasteiger partial charge in [-0.1, -0.05) is 0 Å². The van der Waals surface area contributed by atoms with Crippen molar-refractivity contribution in [1.29, 1.82) is 5.26 Å². The molecule has 6 heteroatoms. The Labute approximate surface area is 82.1 Å². The minimum absolute atomic E-state index is 0.0912. The fraction of sp³-hybridized carbons (Fsp3) is 0.375. The number of nitrogens with one attached hydrogen (secondary N) is 1. The maximum absolute atomic E-state index is 11.2. The van der Waals surface area contributed by atoms with Crippen LogP contribution < -0.4 is 11.1 Å². The largest absolute Gasteiger partial charge is 0.462 e. The SMILES string of the molecule is CCOC(=O)/C(C#N)=C(\N=C/N)NC. The average Bonchev–Trinajstić information content (AvgIpc) is 2.18. The van der Waals surface area contributed by atoms with Crippen molar-refractivity contribution in [1.82, 2.24) is 5.32 Å². The Morgan fingerprint density at radius 1 is 1.79 bits per heavy atom. The van der Waals surface area contributed by atoms with Crippen LogP contribution in [0.3, 0.4) is 0 Å². The summed E-state index contributed by atoms with van der Waals surface area (Å²) >= 11 is 0. The van der Waals surface area contributed by atoms with Crippen LogP contribution in [0.5, 0.6) is 0 Å². The number of hydrogen-bond acceptors (Lipinski definition) is 5. The zero-order valence-corrected chi connectivity index (χ0v) is 8.07. The predicted molar refractivity (Wildman–Crippen MR) is 51.0 cm³/mol. The molecule has 0 aliphatic rings. The normalized spacial score (nSPS) is 11.8. The Hall–Kier alpha value is -2.03. The number of nitriles is 1. The quantitative estimate of drug-likeness (QED) is 0.207. The first-order chi connectivity index (χ1) is 6.71. The molecular formula is C8H12N4O2. The lowest BCUT2D eigenvalue weighted by molar-refractivity contribution is -0.138. The summed E-state index contributed by atoms with van der Waals surface area (Å²) in [4.78, 5) is 14.8. The summed E-state index contributed by atoms with van der Waals surface area (Å²) < 4.78 is 4.65. The molecule has 14 heavy (non-hydrogen) atoms. The second-order valence-electron chi connectivity index (χ2n) is 2.08. The molecule has 0 spiro atoms. The predicted octanol–water partition coefficient (Wildman–Crippen LogP) is -0.509. The molecule has 0 unspecified atom stereocenters. The molecular weight excluding hydrogens is 184 g/mol. The zero-order chi connectivity index (χ0) is 11.0. The van der Waals surface area contributed by atoms with E-state index in [-0.39, 0.29) is 18.0 Å². The lowest BCUT2D eigenvalue weighted by Crippen LogP contribution is -2.15. The van der Waals surface area contributed by atoms with E-state index in [0.717, 1.165) is 6.34 Å². The molecule has 0 radical (unpaired) electrons. The maximum atomic E-state index is 11.2. The van der Waals surface area contributed by atoms with Gasteiger partial charge in [-0.25, -0.2) is 9.79 Å². The van der Waals surface area contributed by atoms with Gasteiger partial charge in [-0.3, -0.25) is 0 Å². The molecule has 0 aliphatic heterocycles. The zero-order valence-electron chi connectivity index (χ0n) is 8.07. The van der Waals surface area contributed by atoms with Crippen LogP contribution in [0.4, 0.5) is 0 Å². The topological polar surface area (TPSA) is 100 Å². The minimum Gasteiger partial charge on any atom is -0.462 e. The van der Waals surface area contributed by atoms with E-state index in [0.29, 0.717) is 0 Å². The van der Waals surface area contributed by atoms with Crippen LogP contribution in [-0.2, 0) is 9.53 Å². The fourth-order valence-corrected chi connectivity index (χ4v) is 0.727. The number of carbonyl (C=O) groups is 1. The summed E-state index contributed by atoms with van der Waals surface area (Å²) in [5, 5.41) is 11.3. The van der Waals surface area contributed by atoms with Crippen LogP contribution in [0.25, 0.3) is 0 Å². The Kier molecular flexibility index (Phi) is 5.54. The number of ether oxygens (including phenoxy) is 1. The highest BCUT2D eigenvalue weighted by Gasteiger charge is 2.14. The van der Waals surface area contributed by atoms with Gasteiger partial charge in [0.1, 0.15) is 6.07 Å². The summed E-state index contributed by atoms with van der Waals surface area (Å²) in [5.41, 5.74) is 4.85. The van der Waals surface area contributed by atoms with Crippen LogP contribution in [-0.4, -0.2) is 26.0 Å². The molecule has 0 aliphatic carbocycles. The molecule has 0 aromatic carbocycles. The molecule has 0 aromatic rings. The van der Waals surface area contributed by atoms with Crippen LogP contribution in [0.2, 0.25) is 0 Å². The lowest BCUT2D eigenvalue weighted by Gasteiger charge is -2.03. The van der Waals surface area contributed by atoms with Crippen molar-refractivity contribution in [3.05, 3.63) is 11.4 Å². The number of nitrogens with two attached hydrogens (primary N) is 1. The first-order valence-electron chi connectivity index (χ1n) is 3.94. The van der Waals surface area contributed by atoms with Gasteiger partial charge in [0.2, 0.25) is 0 Å². The number of rotatable bonds is 4. The van der Waals surface area contributed by atoms with Gasteiger partial charge in [-0.05, 0) is 6.92 Å². The summed E-state index contributed by atoms with van der Waals surface area (Å²) in [6.45, 7) is 1.85. The van der Waals surface area contributed by atoms with Gasteiger partial charge in [0, 0.05) is 7.05 Å². The minimum atomic E-state index is -0.718. The van der Waals surface area contributed by atoms with Crippen LogP contribution in [0.1, 0.15) is 6.92 Å². The van der Waals surface area contributed by atoms with Crippen LogP contribution in [0.15, 0.2) is 16.4 Å². The van der Waals surface area contributed by atoms with Crippen LogP contribution >= 0.6 is 0 Å². The van der Waals surface area contributed by atoms with Crippen molar-refractivity contribution in [3.8, 4) is 6.07 Å². The summed E-state index contributed by atoms with van der Waals surface area (Å²) in [6.07, 6.45) is 0.988. The Bertz CT molecular complexity index is 301. The van der Waals surface area contributed by atoms with E-state index in [4.69, 9.17) is 11.0 Å². The van der Waals surface area contributed by atoms with Gasteiger partial charge < -0.3 is 15.8 Å². The molecule has 0 heterocycles. The highest BCUT2D eigenvalue weighted by atomic mass is 16.5.